The fourth-order valence-corrected chi connectivity index (χ4v) is 3.01. The molecule has 25 heavy (non-hydrogen) atoms. The normalized spacial score (nSPS) is 20.6. The topological polar surface area (TPSA) is 93.6 Å². The molecular weight excluding hydrogens is 320 g/mol. The van der Waals surface area contributed by atoms with E-state index in [-0.39, 0.29) is 18.6 Å². The summed E-state index contributed by atoms with van der Waals surface area (Å²) in [5, 5.41) is 14.3. The Balaban J connectivity index is 0.000000701. The van der Waals surface area contributed by atoms with Gasteiger partial charge in [-0.25, -0.2) is 4.68 Å². The van der Waals surface area contributed by atoms with E-state index in [4.69, 9.17) is 9.53 Å². The lowest BCUT2D eigenvalue weighted by Gasteiger charge is -2.34. The van der Waals surface area contributed by atoms with E-state index in [9.17, 15) is 5.11 Å². The zero-order valence-corrected chi connectivity index (χ0v) is 14.9. The van der Waals surface area contributed by atoms with Gasteiger partial charge in [0, 0.05) is 25.8 Å². The van der Waals surface area contributed by atoms with Crippen molar-refractivity contribution in [3.05, 3.63) is 41.7 Å². The first kappa shape index (κ1) is 19.0. The van der Waals surface area contributed by atoms with Gasteiger partial charge in [-0.3, -0.25) is 9.69 Å². The van der Waals surface area contributed by atoms with Crippen molar-refractivity contribution in [2.75, 3.05) is 13.1 Å². The number of amides is 1. The minimum absolute atomic E-state index is 0.250. The Bertz CT molecular complexity index is 691. The molecule has 2 aromatic rings. The number of primary amides is 1. The van der Waals surface area contributed by atoms with E-state index in [1.165, 1.54) is 0 Å². The number of aromatic hydroxyl groups is 1. The van der Waals surface area contributed by atoms with Crippen molar-refractivity contribution >= 4 is 6.41 Å². The number of phenolic OH excluding ortho intramolecular Hbond substituents is 1. The fourth-order valence-electron chi connectivity index (χ4n) is 3.01. The third kappa shape index (κ3) is 5.30. The number of benzene rings is 1. The Hall–Kier alpha value is -2.38. The summed E-state index contributed by atoms with van der Waals surface area (Å²) < 4.78 is 7.62. The summed E-state index contributed by atoms with van der Waals surface area (Å²) in [6.07, 6.45) is 2.75. The maximum Gasteiger partial charge on any atom is 0.204 e. The SMILES string of the molecule is Cc1cc(-n2ccc(CN3CC(C)OC(C)C3)n2)ccc1O.NC=O. The Kier molecular flexibility index (Phi) is 6.55. The molecule has 0 bridgehead atoms. The molecule has 1 aliphatic heterocycles. The Morgan fingerprint density at radius 3 is 2.56 bits per heavy atom. The summed E-state index contributed by atoms with van der Waals surface area (Å²) >= 11 is 0. The Morgan fingerprint density at radius 1 is 1.32 bits per heavy atom. The van der Waals surface area contributed by atoms with Gasteiger partial charge in [0.1, 0.15) is 5.75 Å². The number of hydrogen-bond donors (Lipinski definition) is 2. The van der Waals surface area contributed by atoms with Crippen molar-refractivity contribution in [1.82, 2.24) is 14.7 Å². The van der Waals surface area contributed by atoms with Gasteiger partial charge in [0.2, 0.25) is 6.41 Å². The zero-order chi connectivity index (χ0) is 18.4. The summed E-state index contributed by atoms with van der Waals surface area (Å²) in [7, 11) is 0. The second-order valence-corrected chi connectivity index (χ2v) is 6.31. The lowest BCUT2D eigenvalue weighted by atomic mass is 10.2. The molecule has 3 rings (SSSR count). The highest BCUT2D eigenvalue weighted by atomic mass is 16.5. The molecule has 2 heterocycles. The van der Waals surface area contributed by atoms with Crippen LogP contribution in [0, 0.1) is 6.92 Å². The summed E-state index contributed by atoms with van der Waals surface area (Å²) in [5.41, 5.74) is 7.03. The van der Waals surface area contributed by atoms with Gasteiger partial charge < -0.3 is 15.6 Å². The third-order valence-electron chi connectivity index (χ3n) is 3.97. The number of nitrogens with zero attached hydrogens (tertiary/aromatic N) is 3. The number of carbonyl (C=O) groups excluding carboxylic acids is 1. The standard InChI is InChI=1S/C17H23N3O2.CH3NO/c1-12-8-16(4-5-17(12)21)20-7-6-15(18-20)11-19-9-13(2)22-14(3)10-19;2-1-3/h4-8,13-14,21H,9-11H2,1-3H3;1H,(H2,2,3). The van der Waals surface area contributed by atoms with Crippen LogP contribution in [-0.2, 0) is 16.1 Å². The van der Waals surface area contributed by atoms with Gasteiger partial charge in [-0.2, -0.15) is 5.10 Å². The van der Waals surface area contributed by atoms with Gasteiger partial charge in [0.25, 0.3) is 0 Å². The van der Waals surface area contributed by atoms with Gasteiger partial charge in [-0.05, 0) is 50.6 Å². The Labute approximate surface area is 148 Å². The number of morpholine rings is 1. The first-order valence-electron chi connectivity index (χ1n) is 8.30. The second kappa shape index (κ2) is 8.64. The number of aromatic nitrogens is 2. The molecule has 3 N–H and O–H groups in total. The average molecular weight is 346 g/mol. The molecule has 7 heteroatoms. The summed E-state index contributed by atoms with van der Waals surface area (Å²) in [5.74, 6) is 0.312. The summed E-state index contributed by atoms with van der Waals surface area (Å²) in [6, 6.07) is 7.56. The van der Waals surface area contributed by atoms with E-state index >= 15 is 0 Å². The van der Waals surface area contributed by atoms with Crippen LogP contribution in [0.1, 0.15) is 25.1 Å². The first-order chi connectivity index (χ1) is 11.9. The molecule has 2 atom stereocenters. The molecule has 1 aromatic carbocycles. The van der Waals surface area contributed by atoms with Crippen LogP contribution in [0.4, 0.5) is 0 Å². The molecule has 2 unspecified atom stereocenters. The predicted octanol–water partition coefficient (Wildman–Crippen LogP) is 1.60. The zero-order valence-electron chi connectivity index (χ0n) is 14.9. The molecule has 1 aromatic heterocycles. The second-order valence-electron chi connectivity index (χ2n) is 6.31. The van der Waals surface area contributed by atoms with Gasteiger partial charge in [0.15, 0.2) is 0 Å². The van der Waals surface area contributed by atoms with Crippen LogP contribution in [0.25, 0.3) is 5.69 Å². The highest BCUT2D eigenvalue weighted by Crippen LogP contribution is 2.20. The molecule has 1 saturated heterocycles. The predicted molar refractivity (Wildman–Crippen MR) is 95.5 cm³/mol. The summed E-state index contributed by atoms with van der Waals surface area (Å²) in [6.45, 7) is 8.83. The van der Waals surface area contributed by atoms with Crippen LogP contribution >= 0.6 is 0 Å². The van der Waals surface area contributed by atoms with Crippen molar-refractivity contribution in [2.45, 2.75) is 39.5 Å². The maximum absolute atomic E-state index is 9.61. The lowest BCUT2D eigenvalue weighted by molar-refractivity contribution is -0.106. The smallest absolute Gasteiger partial charge is 0.204 e. The largest absolute Gasteiger partial charge is 0.508 e. The number of phenols is 1. The fraction of sp³-hybridized carbons (Fsp3) is 0.444. The minimum Gasteiger partial charge on any atom is -0.508 e. The van der Waals surface area contributed by atoms with Gasteiger partial charge in [0.05, 0.1) is 23.6 Å². The number of carbonyl (C=O) groups is 1. The van der Waals surface area contributed by atoms with Crippen LogP contribution in [0.5, 0.6) is 5.75 Å². The third-order valence-corrected chi connectivity index (χ3v) is 3.97. The molecule has 1 fully saturated rings. The van der Waals surface area contributed by atoms with E-state index in [2.05, 4.69) is 29.6 Å². The minimum atomic E-state index is 0.250. The highest BCUT2D eigenvalue weighted by molar-refractivity contribution is 5.42. The van der Waals surface area contributed by atoms with Crippen molar-refractivity contribution < 1.29 is 14.6 Å². The van der Waals surface area contributed by atoms with Gasteiger partial charge in [-0.15, -0.1) is 0 Å². The van der Waals surface area contributed by atoms with Crippen molar-refractivity contribution in [3.8, 4) is 11.4 Å². The van der Waals surface area contributed by atoms with E-state index in [1.54, 1.807) is 6.07 Å². The van der Waals surface area contributed by atoms with Crippen LogP contribution < -0.4 is 5.73 Å². The number of ether oxygens (including phenoxy) is 1. The number of rotatable bonds is 3. The van der Waals surface area contributed by atoms with Crippen molar-refractivity contribution in [1.29, 1.82) is 0 Å². The van der Waals surface area contributed by atoms with Crippen LogP contribution in [-0.4, -0.2) is 51.5 Å². The molecule has 7 nitrogen and oxygen atoms in total. The summed E-state index contributed by atoms with van der Waals surface area (Å²) in [4.78, 5) is 11.0. The molecule has 0 radical (unpaired) electrons. The van der Waals surface area contributed by atoms with Crippen LogP contribution in [0.15, 0.2) is 30.5 Å². The average Bonchev–Trinajstić information content (AvgIpc) is 2.98. The molecule has 0 spiro atoms. The monoisotopic (exact) mass is 346 g/mol. The Morgan fingerprint density at radius 2 is 1.96 bits per heavy atom. The van der Waals surface area contributed by atoms with Crippen molar-refractivity contribution in [3.63, 3.8) is 0 Å². The van der Waals surface area contributed by atoms with Gasteiger partial charge >= 0.3 is 0 Å². The number of nitrogens with two attached hydrogens (primary N) is 1. The first-order valence-corrected chi connectivity index (χ1v) is 8.30. The molecule has 1 aliphatic rings. The number of aryl methyl sites for hydroxylation is 1. The molecular formula is C18H26N4O3. The highest BCUT2D eigenvalue weighted by Gasteiger charge is 2.22. The quantitative estimate of drug-likeness (QED) is 0.823. The lowest BCUT2D eigenvalue weighted by Crippen LogP contribution is -2.44. The van der Waals surface area contributed by atoms with E-state index < -0.39 is 0 Å². The maximum atomic E-state index is 9.61. The molecule has 0 aliphatic carbocycles. The van der Waals surface area contributed by atoms with E-state index in [0.29, 0.717) is 5.75 Å². The van der Waals surface area contributed by atoms with E-state index in [0.717, 1.165) is 36.6 Å². The molecule has 136 valence electrons. The molecule has 0 saturated carbocycles. The van der Waals surface area contributed by atoms with Crippen LogP contribution in [0.2, 0.25) is 0 Å². The van der Waals surface area contributed by atoms with Gasteiger partial charge in [-0.1, -0.05) is 0 Å². The van der Waals surface area contributed by atoms with E-state index in [1.807, 2.05) is 36.0 Å². The van der Waals surface area contributed by atoms with Crippen LogP contribution in [0.3, 0.4) is 0 Å². The number of hydrogen-bond acceptors (Lipinski definition) is 5. The van der Waals surface area contributed by atoms with Crippen molar-refractivity contribution in [2.24, 2.45) is 5.73 Å². The molecule has 1 amide bonds.